The number of carboxylic acid groups (broad SMARTS) is 1. The van der Waals surface area contributed by atoms with Crippen LogP contribution in [0.3, 0.4) is 0 Å². The predicted octanol–water partition coefficient (Wildman–Crippen LogP) is 0.619. The largest absolute Gasteiger partial charge is 0.478 e. The van der Waals surface area contributed by atoms with Gasteiger partial charge >= 0.3 is 5.97 Å². The van der Waals surface area contributed by atoms with E-state index in [-0.39, 0.29) is 22.5 Å². The van der Waals surface area contributed by atoms with Crippen LogP contribution in [-0.4, -0.2) is 16.2 Å². The molecular weight excluding hydrogens is 204 g/mol. The van der Waals surface area contributed by atoms with E-state index in [2.05, 4.69) is 12.6 Å². The normalized spacial score (nSPS) is 9.79. The average molecular weight is 212 g/mol. The van der Waals surface area contributed by atoms with Crippen molar-refractivity contribution in [2.24, 2.45) is 0 Å². The Balaban J connectivity index is 3.58. The summed E-state index contributed by atoms with van der Waals surface area (Å²) in [6.07, 6.45) is 0. The van der Waals surface area contributed by atoms with Gasteiger partial charge in [-0.1, -0.05) is 0 Å². The summed E-state index contributed by atoms with van der Waals surface area (Å²) in [4.78, 5) is 21.8. The van der Waals surface area contributed by atoms with Gasteiger partial charge in [0.1, 0.15) is 0 Å². The molecule has 6 heteroatoms. The number of hydrogen-bond donors (Lipinski definition) is 4. The number of carbonyl (C=O) groups is 2. The Morgan fingerprint density at radius 3 is 1.86 bits per heavy atom. The van der Waals surface area contributed by atoms with Crippen molar-refractivity contribution in [3.05, 3.63) is 23.3 Å². The molecule has 0 aromatic heterocycles. The zero-order valence-electron chi connectivity index (χ0n) is 7.02. The molecule has 1 aromatic carbocycles. The molecule has 0 heterocycles. The maximum absolute atomic E-state index is 11.0. The fourth-order valence-corrected chi connectivity index (χ4v) is 1.34. The van der Waals surface area contributed by atoms with E-state index in [4.69, 9.17) is 16.6 Å². The third kappa shape index (κ3) is 1.64. The number of nitrogen functional groups attached to an aromatic ring is 2. The number of hydrogen-bond acceptors (Lipinski definition) is 4. The van der Waals surface area contributed by atoms with Gasteiger partial charge in [0.2, 0.25) is 5.12 Å². The first-order valence-corrected chi connectivity index (χ1v) is 4.04. The van der Waals surface area contributed by atoms with Crippen LogP contribution in [0.15, 0.2) is 12.1 Å². The molecule has 0 aliphatic rings. The summed E-state index contributed by atoms with van der Waals surface area (Å²) in [7, 11) is 0. The quantitative estimate of drug-likeness (QED) is 0.424. The minimum atomic E-state index is -1.30. The lowest BCUT2D eigenvalue weighted by Gasteiger charge is -2.07. The summed E-state index contributed by atoms with van der Waals surface area (Å²) in [5.74, 6) is -1.30. The second-order valence-electron chi connectivity index (χ2n) is 2.60. The van der Waals surface area contributed by atoms with E-state index in [1.165, 1.54) is 12.1 Å². The molecule has 0 saturated carbocycles. The van der Waals surface area contributed by atoms with E-state index in [9.17, 15) is 9.59 Å². The number of carbonyl (C=O) groups excluding carboxylic acids is 1. The third-order valence-corrected chi connectivity index (χ3v) is 1.92. The van der Waals surface area contributed by atoms with Crippen LogP contribution in [0.1, 0.15) is 20.7 Å². The lowest BCUT2D eigenvalue weighted by molar-refractivity contribution is 0.0695. The van der Waals surface area contributed by atoms with E-state index in [0.29, 0.717) is 0 Å². The first-order valence-electron chi connectivity index (χ1n) is 3.59. The van der Waals surface area contributed by atoms with Crippen LogP contribution in [0.4, 0.5) is 11.4 Å². The van der Waals surface area contributed by atoms with Crippen LogP contribution in [0, 0.1) is 0 Å². The van der Waals surface area contributed by atoms with Crippen molar-refractivity contribution in [2.45, 2.75) is 0 Å². The third-order valence-electron chi connectivity index (χ3n) is 1.70. The Labute approximate surface area is 85.1 Å². The number of anilines is 2. The SMILES string of the molecule is Nc1ccc(N)c(C(=O)S)c1C(=O)O. The molecule has 0 bridgehead atoms. The number of carboxylic acids is 1. The van der Waals surface area contributed by atoms with Crippen molar-refractivity contribution in [1.82, 2.24) is 0 Å². The molecule has 0 spiro atoms. The van der Waals surface area contributed by atoms with E-state index < -0.39 is 11.1 Å². The van der Waals surface area contributed by atoms with Crippen LogP contribution in [0.25, 0.3) is 0 Å². The fourth-order valence-electron chi connectivity index (χ4n) is 1.10. The molecule has 0 unspecified atom stereocenters. The van der Waals surface area contributed by atoms with Gasteiger partial charge < -0.3 is 16.6 Å². The molecule has 14 heavy (non-hydrogen) atoms. The van der Waals surface area contributed by atoms with E-state index >= 15 is 0 Å². The van der Waals surface area contributed by atoms with Crippen molar-refractivity contribution >= 4 is 35.1 Å². The molecule has 0 fully saturated rings. The summed E-state index contributed by atoms with van der Waals surface area (Å²) in [6.45, 7) is 0. The Morgan fingerprint density at radius 2 is 1.57 bits per heavy atom. The van der Waals surface area contributed by atoms with Crippen molar-refractivity contribution in [3.63, 3.8) is 0 Å². The van der Waals surface area contributed by atoms with Gasteiger partial charge in [0, 0.05) is 11.4 Å². The highest BCUT2D eigenvalue weighted by molar-refractivity contribution is 7.97. The summed E-state index contributed by atoms with van der Waals surface area (Å²) in [5.41, 5.74) is 10.4. The van der Waals surface area contributed by atoms with Crippen molar-refractivity contribution in [2.75, 3.05) is 11.5 Å². The number of rotatable bonds is 2. The molecule has 0 amide bonds. The zero-order chi connectivity index (χ0) is 10.9. The van der Waals surface area contributed by atoms with Crippen molar-refractivity contribution in [1.29, 1.82) is 0 Å². The summed E-state index contributed by atoms with van der Waals surface area (Å²) >= 11 is 3.53. The maximum Gasteiger partial charge on any atom is 0.338 e. The topological polar surface area (TPSA) is 106 Å². The zero-order valence-corrected chi connectivity index (χ0v) is 7.91. The maximum atomic E-state index is 11.0. The minimum absolute atomic E-state index is 0.0101. The smallest absolute Gasteiger partial charge is 0.338 e. The molecule has 0 aliphatic carbocycles. The Kier molecular flexibility index (Phi) is 2.66. The van der Waals surface area contributed by atoms with Gasteiger partial charge in [-0.2, -0.15) is 0 Å². The average Bonchev–Trinajstić information content (AvgIpc) is 2.07. The Morgan fingerprint density at radius 1 is 1.14 bits per heavy atom. The van der Waals surface area contributed by atoms with Crippen LogP contribution >= 0.6 is 12.6 Å². The lowest BCUT2D eigenvalue weighted by Crippen LogP contribution is -2.11. The predicted molar refractivity (Wildman–Crippen MR) is 55.5 cm³/mol. The van der Waals surface area contributed by atoms with Crippen molar-refractivity contribution in [3.8, 4) is 0 Å². The van der Waals surface area contributed by atoms with Gasteiger partial charge in [0.15, 0.2) is 0 Å². The van der Waals surface area contributed by atoms with E-state index in [1.807, 2.05) is 0 Å². The molecule has 5 nitrogen and oxygen atoms in total. The van der Waals surface area contributed by atoms with Crippen LogP contribution in [0.2, 0.25) is 0 Å². The molecule has 0 radical (unpaired) electrons. The Hall–Kier alpha value is -1.69. The highest BCUT2D eigenvalue weighted by Crippen LogP contribution is 2.24. The van der Waals surface area contributed by atoms with E-state index in [0.717, 1.165) is 0 Å². The second kappa shape index (κ2) is 3.59. The van der Waals surface area contributed by atoms with Gasteiger partial charge in [-0.3, -0.25) is 4.79 Å². The molecule has 74 valence electrons. The fraction of sp³-hybridized carbons (Fsp3) is 0. The molecule has 0 atom stereocenters. The summed E-state index contributed by atoms with van der Waals surface area (Å²) in [5, 5.41) is 8.08. The first-order chi connectivity index (χ1) is 6.45. The highest BCUT2D eigenvalue weighted by atomic mass is 32.1. The monoisotopic (exact) mass is 212 g/mol. The van der Waals surface area contributed by atoms with Gasteiger partial charge in [0.25, 0.3) is 0 Å². The molecule has 1 aromatic rings. The standard InChI is InChI=1S/C8H8N2O3S/c9-3-1-2-4(10)6(8(13)14)5(3)7(11)12/h1-2H,9-10H2,(H,11,12)(H,13,14). The van der Waals surface area contributed by atoms with Gasteiger partial charge in [-0.25, -0.2) is 4.79 Å². The summed E-state index contributed by atoms with van der Waals surface area (Å²) in [6, 6.07) is 2.70. The number of benzene rings is 1. The lowest BCUT2D eigenvalue weighted by atomic mass is 10.0. The second-order valence-corrected chi connectivity index (χ2v) is 3.01. The van der Waals surface area contributed by atoms with Crippen LogP contribution in [-0.2, 0) is 0 Å². The van der Waals surface area contributed by atoms with Gasteiger partial charge in [0.05, 0.1) is 11.1 Å². The molecule has 0 aliphatic heterocycles. The molecule has 5 N–H and O–H groups in total. The van der Waals surface area contributed by atoms with Gasteiger partial charge in [-0.15, -0.1) is 12.6 Å². The number of thiol groups is 1. The molecular formula is C8H8N2O3S. The van der Waals surface area contributed by atoms with Crippen molar-refractivity contribution < 1.29 is 14.7 Å². The highest BCUT2D eigenvalue weighted by Gasteiger charge is 2.20. The summed E-state index contributed by atoms with van der Waals surface area (Å²) < 4.78 is 0. The van der Waals surface area contributed by atoms with Crippen LogP contribution < -0.4 is 11.5 Å². The van der Waals surface area contributed by atoms with E-state index in [1.54, 1.807) is 0 Å². The van der Waals surface area contributed by atoms with Gasteiger partial charge in [-0.05, 0) is 12.1 Å². The number of aromatic carboxylic acids is 1. The first kappa shape index (κ1) is 10.4. The Bertz CT molecular complexity index is 378. The molecule has 1 rings (SSSR count). The number of nitrogens with two attached hydrogens (primary N) is 2. The van der Waals surface area contributed by atoms with Crippen LogP contribution in [0.5, 0.6) is 0 Å². The minimum Gasteiger partial charge on any atom is -0.478 e. The molecule has 0 saturated heterocycles.